The summed E-state index contributed by atoms with van der Waals surface area (Å²) in [4.78, 5) is 24.8. The molecule has 4 heterocycles. The van der Waals surface area contributed by atoms with Gasteiger partial charge in [0.25, 0.3) is 0 Å². The molecule has 0 N–H and O–H groups in total. The van der Waals surface area contributed by atoms with Crippen LogP contribution in [0.1, 0.15) is 27.2 Å². The Morgan fingerprint density at radius 1 is 1.21 bits per heavy atom. The van der Waals surface area contributed by atoms with Gasteiger partial charge in [0, 0.05) is 38.1 Å². The summed E-state index contributed by atoms with van der Waals surface area (Å²) >= 11 is 0. The van der Waals surface area contributed by atoms with E-state index in [1.807, 2.05) is 55.7 Å². The highest BCUT2D eigenvalue weighted by molar-refractivity contribution is 5.68. The number of pyridine rings is 1. The molecule has 8 nitrogen and oxygen atoms in total. The highest BCUT2D eigenvalue weighted by Crippen LogP contribution is 2.25. The minimum absolute atomic E-state index is 0.0878. The van der Waals surface area contributed by atoms with Crippen LogP contribution in [-0.4, -0.2) is 62.4 Å². The number of anilines is 1. The Kier molecular flexibility index (Phi) is 4.86. The smallest absolute Gasteiger partial charge is 0.410 e. The lowest BCUT2D eigenvalue weighted by molar-refractivity contribution is 0.0238. The Labute approximate surface area is 170 Å². The molecular weight excluding hydrogens is 368 g/mol. The molecule has 1 amide bonds. The van der Waals surface area contributed by atoms with Gasteiger partial charge >= 0.3 is 6.09 Å². The molecule has 0 aliphatic carbocycles. The molecule has 0 bridgehead atoms. The van der Waals surface area contributed by atoms with Crippen molar-refractivity contribution in [2.45, 2.75) is 38.8 Å². The fraction of sp³-hybridized carbons (Fsp3) is 0.429. The number of carbonyl (C=O) groups is 1. The third-order valence-electron chi connectivity index (χ3n) is 5.04. The first kappa shape index (κ1) is 19.2. The van der Waals surface area contributed by atoms with Crippen molar-refractivity contribution in [3.05, 3.63) is 42.9 Å². The van der Waals surface area contributed by atoms with Crippen molar-refractivity contribution in [2.24, 2.45) is 0 Å². The van der Waals surface area contributed by atoms with Gasteiger partial charge in [0.05, 0.1) is 17.9 Å². The first-order chi connectivity index (χ1) is 13.8. The Morgan fingerprint density at radius 2 is 1.97 bits per heavy atom. The van der Waals surface area contributed by atoms with Crippen molar-refractivity contribution < 1.29 is 9.53 Å². The second-order valence-corrected chi connectivity index (χ2v) is 8.32. The fourth-order valence-electron chi connectivity index (χ4n) is 3.50. The number of amides is 1. The summed E-state index contributed by atoms with van der Waals surface area (Å²) in [5.74, 6) is 0.867. The summed E-state index contributed by atoms with van der Waals surface area (Å²) < 4.78 is 7.36. The molecule has 29 heavy (non-hydrogen) atoms. The van der Waals surface area contributed by atoms with Crippen LogP contribution in [-0.2, 0) is 4.74 Å². The highest BCUT2D eigenvalue weighted by Gasteiger charge is 2.31. The van der Waals surface area contributed by atoms with Gasteiger partial charge in [-0.2, -0.15) is 0 Å². The summed E-state index contributed by atoms with van der Waals surface area (Å²) in [7, 11) is 1.80. The van der Waals surface area contributed by atoms with Crippen molar-refractivity contribution in [3.8, 4) is 11.3 Å². The molecule has 8 heteroatoms. The summed E-state index contributed by atoms with van der Waals surface area (Å²) in [5, 5.41) is 4.82. The molecule has 152 valence electrons. The number of hydrogen-bond donors (Lipinski definition) is 0. The number of rotatable bonds is 3. The molecule has 1 atom stereocenters. The Bertz CT molecular complexity index is 1010. The molecule has 3 aromatic rings. The minimum atomic E-state index is -0.499. The Hall–Kier alpha value is -3.16. The number of ether oxygens (including phenoxy) is 1. The van der Waals surface area contributed by atoms with Crippen LogP contribution in [0.3, 0.4) is 0 Å². The van der Waals surface area contributed by atoms with Crippen LogP contribution in [0.5, 0.6) is 0 Å². The average Bonchev–Trinajstić information content (AvgIpc) is 3.33. The molecule has 1 saturated heterocycles. The van der Waals surface area contributed by atoms with E-state index in [1.54, 1.807) is 24.3 Å². The number of nitrogens with zero attached hydrogens (tertiary/aromatic N) is 6. The van der Waals surface area contributed by atoms with Crippen LogP contribution in [0.2, 0.25) is 0 Å². The molecule has 4 rings (SSSR count). The maximum atomic E-state index is 12.4. The zero-order valence-corrected chi connectivity index (χ0v) is 17.2. The fourth-order valence-corrected chi connectivity index (χ4v) is 3.50. The van der Waals surface area contributed by atoms with Crippen LogP contribution in [0, 0.1) is 0 Å². The van der Waals surface area contributed by atoms with Crippen molar-refractivity contribution in [3.63, 3.8) is 0 Å². The normalized spacial score (nSPS) is 17.0. The summed E-state index contributed by atoms with van der Waals surface area (Å²) in [6, 6.07) is 7.93. The van der Waals surface area contributed by atoms with E-state index in [0.29, 0.717) is 6.54 Å². The van der Waals surface area contributed by atoms with Gasteiger partial charge in [0.1, 0.15) is 11.4 Å². The third kappa shape index (κ3) is 4.01. The van der Waals surface area contributed by atoms with Gasteiger partial charge in [0.2, 0.25) is 0 Å². The number of hydrogen-bond acceptors (Lipinski definition) is 6. The van der Waals surface area contributed by atoms with Gasteiger partial charge in [-0.15, -0.1) is 5.10 Å². The molecule has 1 unspecified atom stereocenters. The summed E-state index contributed by atoms with van der Waals surface area (Å²) in [5.41, 5.74) is 2.23. The monoisotopic (exact) mass is 394 g/mol. The maximum absolute atomic E-state index is 12.4. The molecule has 0 aromatic carbocycles. The molecule has 0 spiro atoms. The minimum Gasteiger partial charge on any atom is -0.444 e. The molecule has 3 aromatic heterocycles. The van der Waals surface area contributed by atoms with Crippen molar-refractivity contribution in [1.29, 1.82) is 0 Å². The van der Waals surface area contributed by atoms with Crippen molar-refractivity contribution in [1.82, 2.24) is 24.5 Å². The second kappa shape index (κ2) is 7.35. The predicted molar refractivity (Wildman–Crippen MR) is 111 cm³/mol. The average molecular weight is 394 g/mol. The van der Waals surface area contributed by atoms with Crippen molar-refractivity contribution in [2.75, 3.05) is 25.0 Å². The predicted octanol–water partition coefficient (Wildman–Crippen LogP) is 3.24. The summed E-state index contributed by atoms with van der Waals surface area (Å²) in [6.45, 7) is 7.18. The first-order valence-electron chi connectivity index (χ1n) is 9.78. The third-order valence-corrected chi connectivity index (χ3v) is 5.04. The van der Waals surface area contributed by atoms with Gasteiger partial charge < -0.3 is 14.5 Å². The second-order valence-electron chi connectivity index (χ2n) is 8.32. The van der Waals surface area contributed by atoms with E-state index in [-0.39, 0.29) is 12.1 Å². The van der Waals surface area contributed by atoms with E-state index >= 15 is 0 Å². The van der Waals surface area contributed by atoms with Crippen molar-refractivity contribution >= 4 is 17.6 Å². The Morgan fingerprint density at radius 3 is 2.69 bits per heavy atom. The van der Waals surface area contributed by atoms with Crippen LogP contribution in [0.25, 0.3) is 16.9 Å². The molecule has 1 fully saturated rings. The quantitative estimate of drug-likeness (QED) is 0.679. The lowest BCUT2D eigenvalue weighted by Gasteiger charge is -2.28. The highest BCUT2D eigenvalue weighted by atomic mass is 16.6. The van der Waals surface area contributed by atoms with Crippen LogP contribution in [0.15, 0.2) is 42.9 Å². The largest absolute Gasteiger partial charge is 0.444 e. The number of fused-ring (bicyclic) bond motifs is 1. The number of aromatic nitrogens is 4. The topological polar surface area (TPSA) is 75.9 Å². The zero-order valence-electron chi connectivity index (χ0n) is 17.2. The van der Waals surface area contributed by atoms with E-state index < -0.39 is 5.60 Å². The van der Waals surface area contributed by atoms with E-state index in [4.69, 9.17) is 9.84 Å². The van der Waals surface area contributed by atoms with Gasteiger partial charge in [-0.25, -0.2) is 14.3 Å². The first-order valence-corrected chi connectivity index (χ1v) is 9.78. The van der Waals surface area contributed by atoms with Crippen LogP contribution in [0.4, 0.5) is 10.6 Å². The molecule has 0 saturated carbocycles. The summed E-state index contributed by atoms with van der Waals surface area (Å²) in [6.07, 6.45) is 5.93. The van der Waals surface area contributed by atoms with Crippen LogP contribution >= 0.6 is 0 Å². The van der Waals surface area contributed by atoms with Gasteiger partial charge in [0.15, 0.2) is 5.65 Å². The number of likely N-dealkylation sites (N-methyl/N-ethyl adjacent to an activating group) is 1. The maximum Gasteiger partial charge on any atom is 0.410 e. The number of carbonyl (C=O) groups excluding carboxylic acids is 1. The standard InChI is InChI=1S/C21H26N6O2/c1-21(2,3)29-20(28)25(4)16-9-12-26(14-16)19-6-5-18-23-13-17(27(18)24-19)15-7-10-22-11-8-15/h5-8,10-11,13,16H,9,12,14H2,1-4H3. The van der Waals surface area contributed by atoms with Gasteiger partial charge in [-0.3, -0.25) is 4.98 Å². The van der Waals surface area contributed by atoms with Gasteiger partial charge in [-0.05, 0) is 51.5 Å². The lowest BCUT2D eigenvalue weighted by Crippen LogP contribution is -2.42. The van der Waals surface area contributed by atoms with E-state index in [9.17, 15) is 4.79 Å². The van der Waals surface area contributed by atoms with Crippen LogP contribution < -0.4 is 4.90 Å². The van der Waals surface area contributed by atoms with E-state index in [2.05, 4.69) is 14.9 Å². The van der Waals surface area contributed by atoms with Gasteiger partial charge in [-0.1, -0.05) is 0 Å². The number of imidazole rings is 1. The molecule has 1 aliphatic heterocycles. The molecule has 1 aliphatic rings. The van der Waals surface area contributed by atoms with E-state index in [1.165, 1.54) is 0 Å². The zero-order chi connectivity index (χ0) is 20.6. The van der Waals surface area contributed by atoms with E-state index in [0.717, 1.165) is 35.7 Å². The lowest BCUT2D eigenvalue weighted by atomic mass is 10.2. The SMILES string of the molecule is CN(C(=O)OC(C)(C)C)C1CCN(c2ccc3ncc(-c4ccncc4)n3n2)C1. The molecule has 0 radical (unpaired) electrons. The molecular formula is C21H26N6O2. The Balaban J connectivity index is 1.53.